The van der Waals surface area contributed by atoms with Crippen LogP contribution in [0.15, 0.2) is 105 Å². The lowest BCUT2D eigenvalue weighted by Gasteiger charge is -2.37. The number of allylic oxidation sites excluding steroid dienone is 9. The zero-order valence-corrected chi connectivity index (χ0v) is 47.4. The Morgan fingerprint density at radius 3 is 0.900 bits per heavy atom. The molecule has 0 unspecified atom stereocenters. The molecular formula is C59H69N9O12. The summed E-state index contributed by atoms with van der Waals surface area (Å²) in [7, 11) is 5.00. The molecule has 0 atom stereocenters. The van der Waals surface area contributed by atoms with Crippen LogP contribution in [0.2, 0.25) is 0 Å². The van der Waals surface area contributed by atoms with Crippen molar-refractivity contribution >= 4 is 35.8 Å². The molecule has 3 aliphatic rings. The highest BCUT2D eigenvalue weighted by Crippen LogP contribution is 2.46. The number of hydrogen-bond acceptors (Lipinski definition) is 21. The second-order valence-corrected chi connectivity index (χ2v) is 22.2. The van der Waals surface area contributed by atoms with Gasteiger partial charge in [-0.25, -0.2) is 28.8 Å². The fourth-order valence-corrected chi connectivity index (χ4v) is 9.25. The molecule has 0 radical (unpaired) electrons. The van der Waals surface area contributed by atoms with Crippen LogP contribution in [-0.4, -0.2) is 131 Å². The Kier molecular flexibility index (Phi) is 23.1. The third kappa shape index (κ3) is 17.4. The number of carbonyl (C=O) groups is 6. The molecule has 0 fully saturated rings. The first-order valence-corrected chi connectivity index (χ1v) is 25.4. The van der Waals surface area contributed by atoms with Crippen molar-refractivity contribution in [2.45, 2.75) is 87.0 Å². The zero-order chi connectivity index (χ0) is 60.3. The predicted molar refractivity (Wildman–Crippen MR) is 287 cm³/mol. The van der Waals surface area contributed by atoms with Crippen molar-refractivity contribution in [2.24, 2.45) is 21.7 Å². The summed E-state index contributed by atoms with van der Waals surface area (Å²) in [6.07, 6.45) is 4.34. The topological polar surface area (TPSA) is 310 Å². The van der Waals surface area contributed by atoms with E-state index in [9.17, 15) is 60.3 Å². The molecule has 0 spiro atoms. The van der Waals surface area contributed by atoms with Gasteiger partial charge in [-0.3, -0.25) is 0 Å². The van der Waals surface area contributed by atoms with E-state index in [2.05, 4.69) is 37.9 Å². The fraction of sp³-hybridized carbons (Fsp3) is 0.492. The highest BCUT2D eigenvalue weighted by Gasteiger charge is 2.41. The van der Waals surface area contributed by atoms with Gasteiger partial charge in [0.25, 0.3) is 0 Å². The Labute approximate surface area is 468 Å². The van der Waals surface area contributed by atoms with Crippen LogP contribution < -0.4 is 0 Å². The number of nitriles is 6. The molecule has 0 aromatic heterocycles. The van der Waals surface area contributed by atoms with Crippen LogP contribution in [0.5, 0.6) is 0 Å². The molecule has 422 valence electrons. The number of hydrogen-bond donors (Lipinski definition) is 0. The summed E-state index contributed by atoms with van der Waals surface area (Å²) in [6, 6.07) is 12.1. The second kappa shape index (κ2) is 28.4. The average Bonchev–Trinajstić information content (AvgIpc) is 3.40. The molecule has 0 aromatic rings. The number of carbonyl (C=O) groups excluding carboxylic acids is 6. The van der Waals surface area contributed by atoms with Crippen molar-refractivity contribution in [1.29, 1.82) is 31.6 Å². The van der Waals surface area contributed by atoms with Gasteiger partial charge in [-0.15, -0.1) is 0 Å². The standard InChI is InChI=1S/C59H69N9O12/c1-14-50(69)75-20-17-66(11)47-26-56(4,5)23-38(41(47)29-60)44(32-63)53(72)78-35-59(10,36-79-54(73)45(33-64)39-24-57(6,7)27-48(42(39)30-61)67(12)18-21-76-51(70)15-2)37-80-55(74)46(34-65)40-25-58(8,9)28-49(43(40)31-62)68(13)19-22-77-52(71)16-3/h14-16H,1-3,17-28,35-37H2,4-13H3/b44-38+,45-39+,46-40+. The lowest BCUT2D eigenvalue weighted by molar-refractivity contribution is -0.155. The Morgan fingerprint density at radius 1 is 0.463 bits per heavy atom. The quantitative estimate of drug-likeness (QED) is 0.0412. The maximum Gasteiger partial charge on any atom is 0.349 e. The van der Waals surface area contributed by atoms with Gasteiger partial charge in [0.15, 0.2) is 0 Å². The molecule has 0 aliphatic heterocycles. The molecule has 0 bridgehead atoms. The van der Waals surface area contributed by atoms with Crippen LogP contribution in [0.4, 0.5) is 0 Å². The van der Waals surface area contributed by atoms with E-state index >= 15 is 0 Å². The largest absolute Gasteiger partial charge is 0.461 e. The SMILES string of the molecule is C=CC(=O)OCCN(C)C1=C(C#N)/C(=C(\C#N)C(=O)OCC(C)(COC(=O)/C(C#N)=C2\CC(C)(C)CC(N(C)CCOC(=O)C=C)=C2C#N)COC(=O)/C(C#N)=C2\CC(C)(C)CC(N(C)CCOC(=O)C=C)=C2C#N)CC(C)(C)C1. The maximum atomic E-state index is 14.2. The van der Waals surface area contributed by atoms with Crippen LogP contribution in [0.25, 0.3) is 0 Å². The smallest absolute Gasteiger partial charge is 0.349 e. The van der Waals surface area contributed by atoms with E-state index in [0.717, 1.165) is 18.2 Å². The third-order valence-electron chi connectivity index (χ3n) is 13.4. The van der Waals surface area contributed by atoms with Gasteiger partial charge in [-0.05, 0) is 78.4 Å². The van der Waals surface area contributed by atoms with Crippen LogP contribution in [0, 0.1) is 89.6 Å². The Bertz CT molecular complexity index is 2700. The first kappa shape index (κ1) is 65.1. The van der Waals surface area contributed by atoms with E-state index < -0.39 is 94.0 Å². The van der Waals surface area contributed by atoms with E-state index in [-0.39, 0.29) is 92.2 Å². The van der Waals surface area contributed by atoms with Gasteiger partial charge in [-0.1, -0.05) is 61.3 Å². The van der Waals surface area contributed by atoms with E-state index in [1.807, 2.05) is 59.8 Å². The lowest BCUT2D eigenvalue weighted by Crippen LogP contribution is -2.38. The molecule has 0 saturated heterocycles. The van der Waals surface area contributed by atoms with Gasteiger partial charge in [0.2, 0.25) is 0 Å². The van der Waals surface area contributed by atoms with Crippen molar-refractivity contribution in [3.8, 4) is 36.4 Å². The normalized spacial score (nSPS) is 18.0. The van der Waals surface area contributed by atoms with Crippen molar-refractivity contribution in [3.63, 3.8) is 0 Å². The predicted octanol–water partition coefficient (Wildman–Crippen LogP) is 6.86. The minimum atomic E-state index is -1.72. The highest BCUT2D eigenvalue weighted by atomic mass is 16.6. The van der Waals surface area contributed by atoms with Crippen molar-refractivity contribution in [3.05, 3.63) is 105 Å². The summed E-state index contributed by atoms with van der Waals surface area (Å²) in [6.45, 7) is 20.9. The zero-order valence-electron chi connectivity index (χ0n) is 47.4. The van der Waals surface area contributed by atoms with E-state index in [1.54, 1.807) is 35.8 Å². The van der Waals surface area contributed by atoms with Crippen LogP contribution in [0.3, 0.4) is 0 Å². The van der Waals surface area contributed by atoms with Crippen LogP contribution in [0.1, 0.15) is 87.0 Å². The minimum absolute atomic E-state index is 0.0273. The number of esters is 6. The van der Waals surface area contributed by atoms with E-state index in [0.29, 0.717) is 36.4 Å². The van der Waals surface area contributed by atoms with Gasteiger partial charge in [0.1, 0.15) is 92.8 Å². The Balaban J connectivity index is 2.18. The van der Waals surface area contributed by atoms with Gasteiger partial charge >= 0.3 is 35.8 Å². The van der Waals surface area contributed by atoms with Crippen molar-refractivity contribution < 1.29 is 57.2 Å². The van der Waals surface area contributed by atoms with Gasteiger partial charge in [0, 0.05) is 56.5 Å². The summed E-state index contributed by atoms with van der Waals surface area (Å²) < 4.78 is 32.8. The molecule has 0 heterocycles. The first-order chi connectivity index (χ1) is 37.5. The molecule has 3 aliphatic carbocycles. The molecule has 0 aromatic carbocycles. The number of rotatable bonds is 24. The highest BCUT2D eigenvalue weighted by molar-refractivity contribution is 5.97. The average molecular weight is 1100 g/mol. The van der Waals surface area contributed by atoms with E-state index in [1.165, 1.54) is 6.92 Å². The molecule has 0 saturated carbocycles. The summed E-state index contributed by atoms with van der Waals surface area (Å²) in [5.41, 5.74) is -3.38. The van der Waals surface area contributed by atoms with Gasteiger partial charge in [0.05, 0.1) is 41.8 Å². The fourth-order valence-electron chi connectivity index (χ4n) is 9.25. The molecule has 80 heavy (non-hydrogen) atoms. The molecule has 3 rings (SSSR count). The summed E-state index contributed by atoms with van der Waals surface area (Å²) >= 11 is 0. The summed E-state index contributed by atoms with van der Waals surface area (Å²) in [5.74, 6) is -5.50. The molecule has 21 heteroatoms. The Morgan fingerprint density at radius 2 is 0.700 bits per heavy atom. The number of ether oxygens (including phenoxy) is 6. The molecule has 0 N–H and O–H groups in total. The summed E-state index contributed by atoms with van der Waals surface area (Å²) in [4.78, 5) is 83.0. The Hall–Kier alpha value is -9.18. The lowest BCUT2D eigenvalue weighted by atomic mass is 9.72. The molecular weight excluding hydrogens is 1030 g/mol. The van der Waals surface area contributed by atoms with Gasteiger partial charge in [-0.2, -0.15) is 31.6 Å². The van der Waals surface area contributed by atoms with Crippen LogP contribution in [-0.2, 0) is 57.2 Å². The van der Waals surface area contributed by atoms with Crippen molar-refractivity contribution in [1.82, 2.24) is 14.7 Å². The summed E-state index contributed by atoms with van der Waals surface area (Å²) in [5, 5.41) is 63.2. The second-order valence-electron chi connectivity index (χ2n) is 22.2. The monoisotopic (exact) mass is 1100 g/mol. The van der Waals surface area contributed by atoms with Crippen molar-refractivity contribution in [2.75, 3.05) is 80.4 Å². The number of nitrogens with zero attached hydrogens (tertiary/aromatic N) is 9. The van der Waals surface area contributed by atoms with Gasteiger partial charge < -0.3 is 43.1 Å². The molecule has 0 amide bonds. The van der Waals surface area contributed by atoms with E-state index in [4.69, 9.17) is 28.4 Å². The molecule has 21 nitrogen and oxygen atoms in total. The maximum absolute atomic E-state index is 14.2. The van der Waals surface area contributed by atoms with Crippen LogP contribution >= 0.6 is 0 Å². The minimum Gasteiger partial charge on any atom is -0.461 e. The number of likely N-dealkylation sites (N-methyl/N-ethyl adjacent to an activating group) is 3. The third-order valence-corrected chi connectivity index (χ3v) is 13.4. The first-order valence-electron chi connectivity index (χ1n) is 25.4.